The van der Waals surface area contributed by atoms with Crippen LogP contribution >= 0.6 is 12.2 Å². The number of anilines is 5. The van der Waals surface area contributed by atoms with Gasteiger partial charge in [-0.25, -0.2) is 43.0 Å². The van der Waals surface area contributed by atoms with E-state index in [4.69, 9.17) is 21.7 Å². The molecular weight excluding hydrogens is 568 g/mol. The summed E-state index contributed by atoms with van der Waals surface area (Å²) < 4.78 is 38.2. The lowest BCUT2D eigenvalue weighted by atomic mass is 10.2. The largest absolute Gasteiger partial charge is 0.493 e. The molecule has 14 nitrogen and oxygen atoms in total. The van der Waals surface area contributed by atoms with E-state index in [2.05, 4.69) is 50.6 Å². The van der Waals surface area contributed by atoms with Crippen molar-refractivity contribution >= 4 is 67.3 Å². The maximum atomic E-state index is 12.6. The Bertz CT molecular complexity index is 1790. The minimum atomic E-state index is -3.85. The molecule has 0 unspecified atom stereocenters. The SMILES string of the molecule is COc1cc2ncnc(Nc3ncc(NC(=S)Nc4ccc(S(=O)(=O)Nc5ncccn5)cc4)cn3)c2cc1OC. The van der Waals surface area contributed by atoms with Crippen LogP contribution in [0.3, 0.4) is 0 Å². The third-order valence-electron chi connectivity index (χ3n) is 5.49. The van der Waals surface area contributed by atoms with Crippen LogP contribution < -0.4 is 30.1 Å². The summed E-state index contributed by atoms with van der Waals surface area (Å²) in [7, 11) is -0.742. The molecule has 0 atom stereocenters. The number of hydrogen-bond acceptors (Lipinski definition) is 12. The second kappa shape index (κ2) is 11.9. The summed E-state index contributed by atoms with van der Waals surface area (Å²) in [4.78, 5) is 25.0. The van der Waals surface area contributed by atoms with E-state index >= 15 is 0 Å². The van der Waals surface area contributed by atoms with E-state index in [1.54, 1.807) is 56.9 Å². The number of rotatable bonds is 9. The fourth-order valence-electron chi connectivity index (χ4n) is 3.59. The van der Waals surface area contributed by atoms with E-state index in [-0.39, 0.29) is 16.0 Å². The monoisotopic (exact) mass is 590 g/mol. The van der Waals surface area contributed by atoms with Gasteiger partial charge in [-0.15, -0.1) is 0 Å². The summed E-state index contributed by atoms with van der Waals surface area (Å²) >= 11 is 5.37. The van der Waals surface area contributed by atoms with E-state index in [1.165, 1.54) is 30.9 Å². The highest BCUT2D eigenvalue weighted by Gasteiger charge is 2.16. The van der Waals surface area contributed by atoms with Crippen molar-refractivity contribution < 1.29 is 17.9 Å². The molecule has 5 rings (SSSR count). The quantitative estimate of drug-likeness (QED) is 0.183. The summed E-state index contributed by atoms with van der Waals surface area (Å²) in [5, 5.41) is 10.00. The standard InChI is InChI=1S/C25H22N10O4S2/c1-38-20-10-18-19(11-21(20)39-2)30-14-31-22(18)34-23-28-12-16(13-29-23)33-25(40)32-15-4-6-17(7-5-15)41(36,37)35-24-26-8-3-9-27-24/h3-14H,1-2H3,(H,26,27,35)(H2,32,33,40)(H,28,29,30,31,34). The summed E-state index contributed by atoms with van der Waals surface area (Å²) in [5.41, 5.74) is 1.75. The summed E-state index contributed by atoms with van der Waals surface area (Å²) in [5.74, 6) is 1.86. The minimum Gasteiger partial charge on any atom is -0.493 e. The van der Waals surface area contributed by atoms with Gasteiger partial charge in [0, 0.05) is 29.5 Å². The highest BCUT2D eigenvalue weighted by molar-refractivity contribution is 7.92. The van der Waals surface area contributed by atoms with Gasteiger partial charge in [-0.1, -0.05) is 0 Å². The molecule has 0 aliphatic carbocycles. The predicted octanol–water partition coefficient (Wildman–Crippen LogP) is 3.58. The number of aromatic nitrogens is 6. The molecule has 3 aromatic heterocycles. The van der Waals surface area contributed by atoms with Crippen molar-refractivity contribution in [1.29, 1.82) is 0 Å². The summed E-state index contributed by atoms with van der Waals surface area (Å²) in [6, 6.07) is 11.1. The lowest BCUT2D eigenvalue weighted by Crippen LogP contribution is -2.19. The minimum absolute atomic E-state index is 0.0187. The van der Waals surface area contributed by atoms with Crippen LogP contribution in [-0.2, 0) is 10.0 Å². The van der Waals surface area contributed by atoms with Crippen LogP contribution in [0.5, 0.6) is 11.5 Å². The molecule has 0 aliphatic heterocycles. The van der Waals surface area contributed by atoms with Crippen LogP contribution in [0.15, 0.2) is 78.5 Å². The Balaban J connectivity index is 1.21. The van der Waals surface area contributed by atoms with E-state index in [0.717, 1.165) is 0 Å². The lowest BCUT2D eigenvalue weighted by Gasteiger charge is -2.12. The van der Waals surface area contributed by atoms with Gasteiger partial charge in [0.2, 0.25) is 11.9 Å². The first-order valence-corrected chi connectivity index (χ1v) is 13.7. The van der Waals surface area contributed by atoms with Gasteiger partial charge < -0.3 is 25.4 Å². The molecule has 2 aromatic carbocycles. The van der Waals surface area contributed by atoms with Crippen molar-refractivity contribution in [3.05, 3.63) is 73.6 Å². The van der Waals surface area contributed by atoms with E-state index in [9.17, 15) is 8.42 Å². The fourth-order valence-corrected chi connectivity index (χ4v) is 4.78. The van der Waals surface area contributed by atoms with Crippen molar-refractivity contribution in [1.82, 2.24) is 29.9 Å². The molecule has 0 aliphatic rings. The first-order valence-electron chi connectivity index (χ1n) is 11.8. The Labute approximate surface area is 239 Å². The number of hydrogen-bond donors (Lipinski definition) is 4. The van der Waals surface area contributed by atoms with Crippen molar-refractivity contribution in [2.45, 2.75) is 4.90 Å². The second-order valence-electron chi connectivity index (χ2n) is 8.15. The van der Waals surface area contributed by atoms with Gasteiger partial charge >= 0.3 is 0 Å². The number of nitrogens with zero attached hydrogens (tertiary/aromatic N) is 6. The zero-order chi connectivity index (χ0) is 28.8. The van der Waals surface area contributed by atoms with Crippen LogP contribution in [0.1, 0.15) is 0 Å². The Morgan fingerprint density at radius 3 is 2.15 bits per heavy atom. The number of sulfonamides is 1. The normalized spacial score (nSPS) is 11.0. The van der Waals surface area contributed by atoms with Gasteiger partial charge in [-0.2, -0.15) is 0 Å². The number of methoxy groups -OCH3 is 2. The van der Waals surface area contributed by atoms with Gasteiger partial charge in [-0.05, 0) is 48.6 Å². The maximum Gasteiger partial charge on any atom is 0.264 e. The van der Waals surface area contributed by atoms with Crippen molar-refractivity contribution in [2.24, 2.45) is 0 Å². The first kappa shape index (κ1) is 27.4. The summed E-state index contributed by atoms with van der Waals surface area (Å²) in [6.07, 6.45) is 7.39. The molecule has 5 aromatic rings. The number of benzene rings is 2. The molecule has 0 spiro atoms. The third kappa shape index (κ3) is 6.51. The lowest BCUT2D eigenvalue weighted by molar-refractivity contribution is 0.356. The fraction of sp³-hybridized carbons (Fsp3) is 0.0800. The van der Waals surface area contributed by atoms with Gasteiger partial charge in [0.25, 0.3) is 10.0 Å². The second-order valence-corrected chi connectivity index (χ2v) is 10.2. The van der Waals surface area contributed by atoms with Crippen LogP contribution in [0, 0.1) is 0 Å². The average molecular weight is 591 g/mol. The first-order chi connectivity index (χ1) is 19.8. The predicted molar refractivity (Wildman–Crippen MR) is 157 cm³/mol. The molecule has 16 heteroatoms. The molecule has 0 radical (unpaired) electrons. The highest BCUT2D eigenvalue weighted by atomic mass is 32.2. The zero-order valence-electron chi connectivity index (χ0n) is 21.6. The van der Waals surface area contributed by atoms with Crippen molar-refractivity contribution in [3.63, 3.8) is 0 Å². The van der Waals surface area contributed by atoms with Crippen LogP contribution in [0.2, 0.25) is 0 Å². The van der Waals surface area contributed by atoms with E-state index in [0.29, 0.717) is 45.5 Å². The zero-order valence-corrected chi connectivity index (χ0v) is 23.2. The topological polar surface area (TPSA) is 178 Å². The Morgan fingerprint density at radius 2 is 1.46 bits per heavy atom. The van der Waals surface area contributed by atoms with Crippen molar-refractivity contribution in [2.75, 3.05) is 34.9 Å². The van der Waals surface area contributed by atoms with Crippen LogP contribution in [0.4, 0.5) is 29.1 Å². The molecule has 208 valence electrons. The molecule has 41 heavy (non-hydrogen) atoms. The van der Waals surface area contributed by atoms with Gasteiger partial charge in [0.05, 0.1) is 42.7 Å². The van der Waals surface area contributed by atoms with Gasteiger partial charge in [0.15, 0.2) is 16.6 Å². The van der Waals surface area contributed by atoms with E-state index < -0.39 is 10.0 Å². The maximum absolute atomic E-state index is 12.6. The average Bonchev–Trinajstić information content (AvgIpc) is 2.98. The molecule has 0 fully saturated rings. The molecule has 0 saturated carbocycles. The number of fused-ring (bicyclic) bond motifs is 1. The number of ether oxygens (including phenoxy) is 2. The number of thiocarbonyl (C=S) groups is 1. The molecular formula is C25H22N10O4S2. The van der Waals surface area contributed by atoms with E-state index in [1.807, 2.05) is 0 Å². The molecule has 4 N–H and O–H groups in total. The summed E-state index contributed by atoms with van der Waals surface area (Å²) in [6.45, 7) is 0. The Morgan fingerprint density at radius 1 is 0.805 bits per heavy atom. The van der Waals surface area contributed by atoms with Gasteiger partial charge in [-0.3, -0.25) is 0 Å². The smallest absolute Gasteiger partial charge is 0.264 e. The van der Waals surface area contributed by atoms with Crippen LogP contribution in [-0.4, -0.2) is 57.7 Å². The number of nitrogens with one attached hydrogen (secondary N) is 4. The Hall–Kier alpha value is -5.22. The molecule has 0 bridgehead atoms. The molecule has 0 saturated heterocycles. The molecule has 0 amide bonds. The Kier molecular flexibility index (Phi) is 7.93. The third-order valence-corrected chi connectivity index (χ3v) is 7.04. The van der Waals surface area contributed by atoms with Gasteiger partial charge in [0.1, 0.15) is 12.1 Å². The molecule has 3 heterocycles. The highest BCUT2D eigenvalue weighted by Crippen LogP contribution is 2.34. The van der Waals surface area contributed by atoms with Crippen LogP contribution in [0.25, 0.3) is 10.9 Å². The van der Waals surface area contributed by atoms with Crippen molar-refractivity contribution in [3.8, 4) is 11.5 Å².